The van der Waals surface area contributed by atoms with Gasteiger partial charge in [-0.1, -0.05) is 11.6 Å². The third-order valence-electron chi connectivity index (χ3n) is 3.19. The number of rotatable bonds is 7. The quantitative estimate of drug-likeness (QED) is 0.729. The van der Waals surface area contributed by atoms with E-state index in [-0.39, 0.29) is 16.9 Å². The number of halogens is 3. The molecule has 26 heavy (non-hydrogen) atoms. The fourth-order valence-electron chi connectivity index (χ4n) is 2.13. The van der Waals surface area contributed by atoms with Gasteiger partial charge in [0, 0.05) is 11.3 Å². The van der Waals surface area contributed by atoms with Crippen LogP contribution < -0.4 is 19.5 Å². The summed E-state index contributed by atoms with van der Waals surface area (Å²) in [7, 11) is 1.48. The second kappa shape index (κ2) is 8.71. The van der Waals surface area contributed by atoms with Crippen molar-refractivity contribution in [2.45, 2.75) is 26.6 Å². The number of benzene rings is 2. The van der Waals surface area contributed by atoms with Crippen molar-refractivity contribution in [3.63, 3.8) is 0 Å². The standard InChI is InChI=1S/C18H18ClF2NO4/c1-10(2)25-15-6-4-11(8-16(15)24-3)17(23)22-12-5-7-14(13(19)9-12)26-18(20)21/h4-10,18H,1-3H3,(H,22,23). The van der Waals surface area contributed by atoms with Gasteiger partial charge in [-0.15, -0.1) is 0 Å². The Morgan fingerprint density at radius 1 is 1.04 bits per heavy atom. The number of anilines is 1. The number of amides is 1. The molecule has 1 N–H and O–H groups in total. The maximum absolute atomic E-state index is 12.4. The van der Waals surface area contributed by atoms with Crippen molar-refractivity contribution in [1.82, 2.24) is 0 Å². The number of hydrogen-bond donors (Lipinski definition) is 1. The van der Waals surface area contributed by atoms with E-state index >= 15 is 0 Å². The van der Waals surface area contributed by atoms with Crippen LogP contribution in [0, 0.1) is 0 Å². The Morgan fingerprint density at radius 2 is 1.73 bits per heavy atom. The van der Waals surface area contributed by atoms with Crippen molar-refractivity contribution in [3.8, 4) is 17.2 Å². The van der Waals surface area contributed by atoms with Gasteiger partial charge in [0.15, 0.2) is 11.5 Å². The molecule has 8 heteroatoms. The van der Waals surface area contributed by atoms with Crippen molar-refractivity contribution in [2.75, 3.05) is 12.4 Å². The first-order valence-electron chi connectivity index (χ1n) is 7.70. The summed E-state index contributed by atoms with van der Waals surface area (Å²) in [6.45, 7) is 0.781. The minimum atomic E-state index is -2.98. The summed E-state index contributed by atoms with van der Waals surface area (Å²) in [5, 5.41) is 2.59. The summed E-state index contributed by atoms with van der Waals surface area (Å²) in [5.41, 5.74) is 0.671. The number of alkyl halides is 2. The van der Waals surface area contributed by atoms with E-state index in [2.05, 4.69) is 10.1 Å². The zero-order chi connectivity index (χ0) is 19.3. The molecule has 2 aromatic carbocycles. The molecule has 1 amide bonds. The summed E-state index contributed by atoms with van der Waals surface area (Å²) in [4.78, 5) is 12.4. The first kappa shape index (κ1) is 19.8. The number of nitrogens with one attached hydrogen (secondary N) is 1. The second-order valence-corrected chi connectivity index (χ2v) is 5.92. The van der Waals surface area contributed by atoms with Crippen LogP contribution in [0.2, 0.25) is 5.02 Å². The predicted molar refractivity (Wildman–Crippen MR) is 94.8 cm³/mol. The minimum absolute atomic E-state index is 0.0404. The van der Waals surface area contributed by atoms with E-state index in [1.54, 1.807) is 18.2 Å². The van der Waals surface area contributed by atoms with Crippen LogP contribution in [0.15, 0.2) is 36.4 Å². The molecule has 0 atom stereocenters. The van der Waals surface area contributed by atoms with Crippen molar-refractivity contribution in [3.05, 3.63) is 47.0 Å². The van der Waals surface area contributed by atoms with Gasteiger partial charge in [0.05, 0.1) is 18.2 Å². The highest BCUT2D eigenvalue weighted by atomic mass is 35.5. The Bertz CT molecular complexity index is 784. The summed E-state index contributed by atoms with van der Waals surface area (Å²) >= 11 is 5.87. The Labute approximate surface area is 154 Å². The van der Waals surface area contributed by atoms with Crippen molar-refractivity contribution < 1.29 is 27.8 Å². The Balaban J connectivity index is 2.15. The average molecular weight is 386 g/mol. The van der Waals surface area contributed by atoms with Crippen LogP contribution in [-0.4, -0.2) is 25.7 Å². The fourth-order valence-corrected chi connectivity index (χ4v) is 2.36. The monoisotopic (exact) mass is 385 g/mol. The Kier molecular flexibility index (Phi) is 6.63. The SMILES string of the molecule is COc1cc(C(=O)Nc2ccc(OC(F)F)c(Cl)c2)ccc1OC(C)C. The van der Waals surface area contributed by atoms with Gasteiger partial charge in [0.25, 0.3) is 5.91 Å². The van der Waals surface area contributed by atoms with E-state index < -0.39 is 12.5 Å². The van der Waals surface area contributed by atoms with E-state index in [1.807, 2.05) is 13.8 Å². The van der Waals surface area contributed by atoms with Gasteiger partial charge in [0.1, 0.15) is 5.75 Å². The topological polar surface area (TPSA) is 56.8 Å². The van der Waals surface area contributed by atoms with Gasteiger partial charge in [-0.2, -0.15) is 8.78 Å². The number of hydrogen-bond acceptors (Lipinski definition) is 4. The van der Waals surface area contributed by atoms with Crippen LogP contribution in [0.1, 0.15) is 24.2 Å². The molecule has 0 radical (unpaired) electrons. The average Bonchev–Trinajstić information content (AvgIpc) is 2.56. The molecule has 0 spiro atoms. The molecule has 0 unspecified atom stereocenters. The molecule has 0 aliphatic carbocycles. The van der Waals surface area contributed by atoms with E-state index in [0.717, 1.165) is 0 Å². The van der Waals surface area contributed by atoms with Crippen molar-refractivity contribution in [1.29, 1.82) is 0 Å². The van der Waals surface area contributed by atoms with E-state index in [9.17, 15) is 13.6 Å². The molecule has 0 saturated carbocycles. The van der Waals surface area contributed by atoms with Crippen LogP contribution in [0.4, 0.5) is 14.5 Å². The van der Waals surface area contributed by atoms with Crippen molar-refractivity contribution >= 4 is 23.2 Å². The second-order valence-electron chi connectivity index (χ2n) is 5.51. The van der Waals surface area contributed by atoms with E-state index in [4.69, 9.17) is 21.1 Å². The Hall–Kier alpha value is -2.54. The summed E-state index contributed by atoms with van der Waals surface area (Å²) in [5.74, 6) is 0.357. The molecule has 0 saturated heterocycles. The molecular formula is C18H18ClF2NO4. The first-order valence-corrected chi connectivity index (χ1v) is 8.08. The van der Waals surface area contributed by atoms with Crippen LogP contribution in [0.3, 0.4) is 0 Å². The molecule has 0 bridgehead atoms. The highest BCUT2D eigenvalue weighted by molar-refractivity contribution is 6.32. The largest absolute Gasteiger partial charge is 0.493 e. The predicted octanol–water partition coefficient (Wildman–Crippen LogP) is 4.99. The minimum Gasteiger partial charge on any atom is -0.493 e. The normalized spacial score (nSPS) is 10.8. The number of carbonyl (C=O) groups excluding carboxylic acids is 1. The van der Waals surface area contributed by atoms with Crippen LogP contribution >= 0.6 is 11.6 Å². The zero-order valence-electron chi connectivity index (χ0n) is 14.4. The lowest BCUT2D eigenvalue weighted by Crippen LogP contribution is -2.13. The van der Waals surface area contributed by atoms with Gasteiger partial charge in [0.2, 0.25) is 0 Å². The zero-order valence-corrected chi connectivity index (χ0v) is 15.1. The molecule has 2 aromatic rings. The number of carbonyl (C=O) groups is 1. The number of ether oxygens (including phenoxy) is 3. The lowest BCUT2D eigenvalue weighted by molar-refractivity contribution is -0.0497. The third-order valence-corrected chi connectivity index (χ3v) is 3.49. The molecule has 0 fully saturated rings. The van der Waals surface area contributed by atoms with Gasteiger partial charge in [-0.05, 0) is 50.2 Å². The molecule has 0 aliphatic heterocycles. The van der Waals surface area contributed by atoms with Gasteiger partial charge in [-0.25, -0.2) is 0 Å². The van der Waals surface area contributed by atoms with Gasteiger partial charge >= 0.3 is 6.61 Å². The molecule has 0 aromatic heterocycles. The molecule has 5 nitrogen and oxygen atoms in total. The molecule has 140 valence electrons. The van der Waals surface area contributed by atoms with E-state index in [1.165, 1.54) is 25.3 Å². The molecule has 2 rings (SSSR count). The molecular weight excluding hydrogens is 368 g/mol. The third kappa shape index (κ3) is 5.23. The molecule has 0 heterocycles. The maximum atomic E-state index is 12.4. The number of methoxy groups -OCH3 is 1. The van der Waals surface area contributed by atoms with Gasteiger partial charge in [-0.3, -0.25) is 4.79 Å². The summed E-state index contributed by atoms with van der Waals surface area (Å²) < 4.78 is 39.6. The lowest BCUT2D eigenvalue weighted by Gasteiger charge is -2.14. The highest BCUT2D eigenvalue weighted by Crippen LogP contribution is 2.31. The van der Waals surface area contributed by atoms with Crippen LogP contribution in [-0.2, 0) is 0 Å². The highest BCUT2D eigenvalue weighted by Gasteiger charge is 2.14. The fraction of sp³-hybridized carbons (Fsp3) is 0.278. The van der Waals surface area contributed by atoms with Gasteiger partial charge < -0.3 is 19.5 Å². The summed E-state index contributed by atoms with van der Waals surface area (Å²) in [6.07, 6.45) is -0.0420. The van der Waals surface area contributed by atoms with Crippen molar-refractivity contribution in [2.24, 2.45) is 0 Å². The summed E-state index contributed by atoms with van der Waals surface area (Å²) in [6, 6.07) is 8.76. The smallest absolute Gasteiger partial charge is 0.387 e. The van der Waals surface area contributed by atoms with E-state index in [0.29, 0.717) is 22.7 Å². The Morgan fingerprint density at radius 3 is 2.31 bits per heavy atom. The van der Waals surface area contributed by atoms with Crippen LogP contribution in [0.5, 0.6) is 17.2 Å². The molecule has 0 aliphatic rings. The lowest BCUT2D eigenvalue weighted by atomic mass is 10.1. The maximum Gasteiger partial charge on any atom is 0.387 e. The first-order chi connectivity index (χ1) is 12.3. The van der Waals surface area contributed by atoms with Crippen LogP contribution in [0.25, 0.3) is 0 Å².